The van der Waals surface area contributed by atoms with Crippen molar-refractivity contribution in [3.8, 4) is 5.95 Å². The van der Waals surface area contributed by atoms with Gasteiger partial charge in [0.25, 0.3) is 11.9 Å². The monoisotopic (exact) mass is 548 g/mol. The lowest BCUT2D eigenvalue weighted by Gasteiger charge is -2.12. The standard InChI is InChI=1S/C20H15BrF6N6O/c1-9(15-31-17(21)33(32-15)18-28-6-3-7-29-18)30-16(34)11-5-2-4-10(8-11)12-13(19(22,23)24)14(12)20(25,26)27/h2-9,12-14H,1H3,(H,30,34). The van der Waals surface area contributed by atoms with Crippen molar-refractivity contribution in [1.29, 1.82) is 0 Å². The van der Waals surface area contributed by atoms with Gasteiger partial charge in [-0.1, -0.05) is 12.1 Å². The van der Waals surface area contributed by atoms with E-state index in [1.165, 1.54) is 29.2 Å². The molecule has 1 amide bonds. The molecule has 4 rings (SSSR count). The molecule has 1 fully saturated rings. The smallest absolute Gasteiger partial charge is 0.342 e. The highest BCUT2D eigenvalue weighted by molar-refractivity contribution is 9.10. The summed E-state index contributed by atoms with van der Waals surface area (Å²) < 4.78 is 80.3. The molecule has 0 aliphatic heterocycles. The number of aromatic nitrogens is 5. The van der Waals surface area contributed by atoms with E-state index in [4.69, 9.17) is 0 Å². The minimum atomic E-state index is -5.00. The number of nitrogens with zero attached hydrogens (tertiary/aromatic N) is 5. The van der Waals surface area contributed by atoms with Crippen LogP contribution in [0.5, 0.6) is 0 Å². The number of amides is 1. The summed E-state index contributed by atoms with van der Waals surface area (Å²) >= 11 is 3.22. The first-order valence-corrected chi connectivity index (χ1v) is 10.6. The fourth-order valence-corrected chi connectivity index (χ4v) is 4.21. The first-order valence-electron chi connectivity index (χ1n) is 9.82. The van der Waals surface area contributed by atoms with Gasteiger partial charge in [-0.2, -0.15) is 31.0 Å². The number of rotatable bonds is 5. The highest BCUT2D eigenvalue weighted by Gasteiger charge is 2.73. The lowest BCUT2D eigenvalue weighted by molar-refractivity contribution is -0.191. The molecule has 180 valence electrons. The molecule has 1 saturated carbocycles. The summed E-state index contributed by atoms with van der Waals surface area (Å²) in [6, 6.07) is 5.64. The average Bonchev–Trinajstić information content (AvgIpc) is 3.45. The van der Waals surface area contributed by atoms with Crippen LogP contribution >= 0.6 is 15.9 Å². The molecular weight excluding hydrogens is 534 g/mol. The van der Waals surface area contributed by atoms with Crippen molar-refractivity contribution in [3.05, 3.63) is 64.4 Å². The molecule has 3 atom stereocenters. The summed E-state index contributed by atoms with van der Waals surface area (Å²) in [7, 11) is 0. The minimum Gasteiger partial charge on any atom is -0.342 e. The molecule has 3 unspecified atom stereocenters. The van der Waals surface area contributed by atoms with Crippen LogP contribution in [-0.4, -0.2) is 43.0 Å². The Balaban J connectivity index is 1.51. The van der Waals surface area contributed by atoms with E-state index in [0.29, 0.717) is 0 Å². The van der Waals surface area contributed by atoms with Crippen molar-refractivity contribution in [1.82, 2.24) is 30.0 Å². The normalized spacial score (nSPS) is 21.2. The van der Waals surface area contributed by atoms with Gasteiger partial charge in [0.1, 0.15) is 0 Å². The van der Waals surface area contributed by atoms with Crippen LogP contribution in [0, 0.1) is 11.8 Å². The Hall–Kier alpha value is -3.03. The molecule has 0 radical (unpaired) electrons. The second kappa shape index (κ2) is 8.64. The molecule has 1 N–H and O–H groups in total. The average molecular weight is 549 g/mol. The highest BCUT2D eigenvalue weighted by Crippen LogP contribution is 2.66. The number of hydrogen-bond donors (Lipinski definition) is 1. The molecule has 1 aromatic carbocycles. The third kappa shape index (κ3) is 4.76. The van der Waals surface area contributed by atoms with Crippen LogP contribution in [0.3, 0.4) is 0 Å². The van der Waals surface area contributed by atoms with E-state index in [2.05, 4.69) is 41.3 Å². The predicted molar refractivity (Wildman–Crippen MR) is 109 cm³/mol. The summed E-state index contributed by atoms with van der Waals surface area (Å²) in [5.74, 6) is -7.15. The molecule has 0 bridgehead atoms. The van der Waals surface area contributed by atoms with E-state index in [1.54, 1.807) is 13.0 Å². The molecule has 2 heterocycles. The van der Waals surface area contributed by atoms with Crippen LogP contribution in [0.25, 0.3) is 5.95 Å². The summed E-state index contributed by atoms with van der Waals surface area (Å²) in [6.45, 7) is 1.57. The fourth-order valence-electron chi connectivity index (χ4n) is 3.79. The Labute approximate surface area is 196 Å². The van der Waals surface area contributed by atoms with Crippen LogP contribution in [0.1, 0.15) is 40.6 Å². The maximum atomic E-state index is 13.1. The molecule has 2 aromatic heterocycles. The number of carbonyl (C=O) groups excluding carboxylic acids is 1. The van der Waals surface area contributed by atoms with E-state index >= 15 is 0 Å². The van der Waals surface area contributed by atoms with Gasteiger partial charge in [0.15, 0.2) is 5.82 Å². The van der Waals surface area contributed by atoms with Crippen LogP contribution in [-0.2, 0) is 0 Å². The van der Waals surface area contributed by atoms with Crippen LogP contribution < -0.4 is 5.32 Å². The molecule has 34 heavy (non-hydrogen) atoms. The number of carbonyl (C=O) groups is 1. The van der Waals surface area contributed by atoms with Gasteiger partial charge in [-0.25, -0.2) is 15.0 Å². The van der Waals surface area contributed by atoms with Crippen molar-refractivity contribution in [2.24, 2.45) is 11.8 Å². The summed E-state index contributed by atoms with van der Waals surface area (Å²) in [6.07, 6.45) is -7.00. The first kappa shape index (κ1) is 24.1. The molecule has 7 nitrogen and oxygen atoms in total. The number of halogens is 7. The molecule has 1 aliphatic carbocycles. The Morgan fingerprint density at radius 3 is 2.26 bits per heavy atom. The molecule has 0 saturated heterocycles. The second-order valence-corrected chi connectivity index (χ2v) is 8.39. The minimum absolute atomic E-state index is 0.0806. The number of benzene rings is 1. The SMILES string of the molecule is CC(NC(=O)c1cccc(C2C(C(F)(F)F)C2C(F)(F)F)c1)c1nc(Br)n(-c2ncccn2)n1. The maximum absolute atomic E-state index is 13.1. The molecule has 3 aromatic rings. The Bertz CT molecular complexity index is 1180. The van der Waals surface area contributed by atoms with E-state index in [9.17, 15) is 31.1 Å². The number of hydrogen-bond acceptors (Lipinski definition) is 5. The summed E-state index contributed by atoms with van der Waals surface area (Å²) in [5.41, 5.74) is -0.278. The molecule has 0 spiro atoms. The van der Waals surface area contributed by atoms with Gasteiger partial charge in [-0.05, 0) is 46.6 Å². The summed E-state index contributed by atoms with van der Waals surface area (Å²) in [5, 5.41) is 6.82. The molecule has 14 heteroatoms. The van der Waals surface area contributed by atoms with Gasteiger partial charge in [-0.3, -0.25) is 4.79 Å². The van der Waals surface area contributed by atoms with Gasteiger partial charge in [0, 0.05) is 23.9 Å². The van der Waals surface area contributed by atoms with Crippen LogP contribution in [0.15, 0.2) is 47.5 Å². The van der Waals surface area contributed by atoms with Crippen molar-refractivity contribution < 1.29 is 31.1 Å². The van der Waals surface area contributed by atoms with Gasteiger partial charge in [0.05, 0.1) is 17.9 Å². The van der Waals surface area contributed by atoms with Gasteiger partial charge < -0.3 is 5.32 Å². The topological polar surface area (TPSA) is 85.6 Å². The van der Waals surface area contributed by atoms with Crippen LogP contribution in [0.2, 0.25) is 0 Å². The molecule has 1 aliphatic rings. The van der Waals surface area contributed by atoms with Crippen molar-refractivity contribution in [2.45, 2.75) is 31.2 Å². The highest BCUT2D eigenvalue weighted by atomic mass is 79.9. The Kier molecular flexibility index (Phi) is 6.12. The van der Waals surface area contributed by atoms with E-state index in [-0.39, 0.29) is 27.6 Å². The Morgan fingerprint density at radius 1 is 1.06 bits per heavy atom. The third-order valence-electron chi connectivity index (χ3n) is 5.37. The van der Waals surface area contributed by atoms with Gasteiger partial charge in [0.2, 0.25) is 4.73 Å². The number of alkyl halides is 6. The first-order chi connectivity index (χ1) is 15.9. The van der Waals surface area contributed by atoms with Crippen molar-refractivity contribution in [2.75, 3.05) is 0 Å². The zero-order valence-electron chi connectivity index (χ0n) is 17.1. The number of nitrogens with one attached hydrogen (secondary N) is 1. The Morgan fingerprint density at radius 2 is 1.68 bits per heavy atom. The molecular formula is C20H15BrF6N6O. The van der Waals surface area contributed by atoms with E-state index in [1.807, 2.05) is 0 Å². The maximum Gasteiger partial charge on any atom is 0.393 e. The van der Waals surface area contributed by atoms with Gasteiger partial charge in [-0.15, -0.1) is 5.10 Å². The van der Waals surface area contributed by atoms with Crippen molar-refractivity contribution >= 4 is 21.8 Å². The lowest BCUT2D eigenvalue weighted by atomic mass is 10.0. The predicted octanol–water partition coefficient (Wildman–Crippen LogP) is 4.77. The zero-order valence-corrected chi connectivity index (χ0v) is 18.7. The third-order valence-corrected chi connectivity index (χ3v) is 5.88. The van der Waals surface area contributed by atoms with E-state index < -0.39 is 42.1 Å². The summed E-state index contributed by atoms with van der Waals surface area (Å²) in [4.78, 5) is 25.0. The largest absolute Gasteiger partial charge is 0.393 e. The fraction of sp³-hybridized carbons (Fsp3) is 0.350. The quantitative estimate of drug-likeness (QED) is 0.464. The van der Waals surface area contributed by atoms with Gasteiger partial charge >= 0.3 is 12.4 Å². The van der Waals surface area contributed by atoms with E-state index in [0.717, 1.165) is 12.1 Å². The van der Waals surface area contributed by atoms with Crippen LogP contribution in [0.4, 0.5) is 26.3 Å². The zero-order chi connectivity index (χ0) is 24.8. The lowest BCUT2D eigenvalue weighted by Crippen LogP contribution is -2.27. The van der Waals surface area contributed by atoms with Crippen molar-refractivity contribution in [3.63, 3.8) is 0 Å². The second-order valence-electron chi connectivity index (χ2n) is 7.68.